The van der Waals surface area contributed by atoms with Crippen LogP contribution in [0.15, 0.2) is 47.4 Å². The number of primary sulfonamides is 1. The standard InChI is InChI=1S/C16H17N3O5S/c1-10-2-7-14(20)13(8-10)19-16(22)15(21)18-9-11-3-5-12(6-4-11)25(17,23)24/h2-8,20H,9H2,1H3,(H,18,21)(H,19,22)(H2,17,23,24). The van der Waals surface area contributed by atoms with Crippen molar-refractivity contribution >= 4 is 27.5 Å². The first kappa shape index (κ1) is 18.4. The molecule has 8 nitrogen and oxygen atoms in total. The zero-order valence-electron chi connectivity index (χ0n) is 13.3. The Bertz CT molecular complexity index is 908. The summed E-state index contributed by atoms with van der Waals surface area (Å²) in [5, 5.41) is 19.4. The quantitative estimate of drug-likeness (QED) is 0.465. The van der Waals surface area contributed by atoms with Crippen molar-refractivity contribution in [1.82, 2.24) is 5.32 Å². The Hall–Kier alpha value is -2.91. The third-order valence-electron chi connectivity index (χ3n) is 3.31. The van der Waals surface area contributed by atoms with Crippen molar-refractivity contribution < 1.29 is 23.1 Å². The predicted molar refractivity (Wildman–Crippen MR) is 91.1 cm³/mol. The van der Waals surface area contributed by atoms with Crippen molar-refractivity contribution in [2.24, 2.45) is 5.14 Å². The molecule has 0 aliphatic heterocycles. The number of carbonyl (C=O) groups is 2. The number of sulfonamides is 1. The van der Waals surface area contributed by atoms with Gasteiger partial charge < -0.3 is 15.7 Å². The second-order valence-corrected chi connectivity index (χ2v) is 6.91. The van der Waals surface area contributed by atoms with Crippen LogP contribution < -0.4 is 15.8 Å². The number of anilines is 1. The highest BCUT2D eigenvalue weighted by atomic mass is 32.2. The van der Waals surface area contributed by atoms with Crippen LogP contribution in [0.3, 0.4) is 0 Å². The number of aryl methyl sites for hydroxylation is 1. The van der Waals surface area contributed by atoms with E-state index in [1.165, 1.54) is 36.4 Å². The maximum atomic E-state index is 11.9. The molecule has 2 rings (SSSR count). The lowest BCUT2D eigenvalue weighted by atomic mass is 10.2. The summed E-state index contributed by atoms with van der Waals surface area (Å²) in [5.41, 5.74) is 1.54. The molecule has 0 atom stereocenters. The Morgan fingerprint density at radius 2 is 1.72 bits per heavy atom. The molecular formula is C16H17N3O5S. The van der Waals surface area contributed by atoms with Crippen molar-refractivity contribution in [3.8, 4) is 5.75 Å². The number of phenolic OH excluding ortho intramolecular Hbond substituents is 1. The molecule has 0 fully saturated rings. The second-order valence-electron chi connectivity index (χ2n) is 5.35. The van der Waals surface area contributed by atoms with Crippen LogP contribution in [-0.4, -0.2) is 25.3 Å². The van der Waals surface area contributed by atoms with Crippen molar-refractivity contribution in [1.29, 1.82) is 0 Å². The molecule has 0 unspecified atom stereocenters. The third kappa shape index (κ3) is 5.03. The van der Waals surface area contributed by atoms with E-state index in [9.17, 15) is 23.1 Å². The largest absolute Gasteiger partial charge is 0.506 e. The first-order chi connectivity index (χ1) is 11.7. The summed E-state index contributed by atoms with van der Waals surface area (Å²) in [6, 6.07) is 10.2. The molecule has 9 heteroatoms. The fourth-order valence-electron chi connectivity index (χ4n) is 1.99. The smallest absolute Gasteiger partial charge is 0.313 e. The fourth-order valence-corrected chi connectivity index (χ4v) is 2.50. The van der Waals surface area contributed by atoms with Gasteiger partial charge in [-0.2, -0.15) is 0 Å². The highest BCUT2D eigenvalue weighted by Gasteiger charge is 2.15. The van der Waals surface area contributed by atoms with E-state index in [-0.39, 0.29) is 22.9 Å². The summed E-state index contributed by atoms with van der Waals surface area (Å²) in [6.07, 6.45) is 0. The van der Waals surface area contributed by atoms with Gasteiger partial charge in [0.05, 0.1) is 10.6 Å². The van der Waals surface area contributed by atoms with E-state index in [0.29, 0.717) is 5.56 Å². The Kier molecular flexibility index (Phi) is 5.40. The zero-order chi connectivity index (χ0) is 18.6. The average Bonchev–Trinajstić information content (AvgIpc) is 2.55. The van der Waals surface area contributed by atoms with E-state index in [1.807, 2.05) is 0 Å². The lowest BCUT2D eigenvalue weighted by Gasteiger charge is -2.09. The summed E-state index contributed by atoms with van der Waals surface area (Å²) in [7, 11) is -3.78. The average molecular weight is 363 g/mol. The first-order valence-corrected chi connectivity index (χ1v) is 8.72. The lowest BCUT2D eigenvalue weighted by molar-refractivity contribution is -0.136. The van der Waals surface area contributed by atoms with E-state index >= 15 is 0 Å². The number of benzene rings is 2. The Labute approximate surface area is 144 Å². The van der Waals surface area contributed by atoms with E-state index < -0.39 is 21.8 Å². The first-order valence-electron chi connectivity index (χ1n) is 7.17. The molecule has 2 amide bonds. The molecule has 0 saturated heterocycles. The van der Waals surface area contributed by atoms with Crippen molar-refractivity contribution in [3.63, 3.8) is 0 Å². The molecule has 0 aliphatic carbocycles. The van der Waals surface area contributed by atoms with Crippen molar-refractivity contribution in [2.75, 3.05) is 5.32 Å². The van der Waals surface area contributed by atoms with E-state index in [4.69, 9.17) is 5.14 Å². The molecule has 0 spiro atoms. The van der Waals surface area contributed by atoms with Gasteiger partial charge in [-0.05, 0) is 42.3 Å². The SMILES string of the molecule is Cc1ccc(O)c(NC(=O)C(=O)NCc2ccc(S(N)(=O)=O)cc2)c1. The zero-order valence-corrected chi connectivity index (χ0v) is 14.1. The van der Waals surface area contributed by atoms with Gasteiger partial charge in [-0.1, -0.05) is 18.2 Å². The molecule has 132 valence electrons. The van der Waals surface area contributed by atoms with Gasteiger partial charge in [-0.3, -0.25) is 9.59 Å². The number of carbonyl (C=O) groups excluding carboxylic acids is 2. The van der Waals surface area contributed by atoms with Gasteiger partial charge in [0.25, 0.3) is 0 Å². The number of nitrogens with one attached hydrogen (secondary N) is 2. The second kappa shape index (κ2) is 7.32. The number of amides is 2. The molecule has 0 radical (unpaired) electrons. The molecule has 0 aromatic heterocycles. The molecular weight excluding hydrogens is 346 g/mol. The lowest BCUT2D eigenvalue weighted by Crippen LogP contribution is -2.35. The molecule has 25 heavy (non-hydrogen) atoms. The third-order valence-corrected chi connectivity index (χ3v) is 4.24. The minimum absolute atomic E-state index is 0.0248. The molecule has 0 saturated carbocycles. The summed E-state index contributed by atoms with van der Waals surface area (Å²) in [4.78, 5) is 23.6. The molecule has 0 heterocycles. The van der Waals surface area contributed by atoms with Gasteiger partial charge in [-0.25, -0.2) is 13.6 Å². The Morgan fingerprint density at radius 1 is 1.08 bits per heavy atom. The number of rotatable bonds is 4. The van der Waals surface area contributed by atoms with Gasteiger partial charge in [0.1, 0.15) is 5.75 Å². The van der Waals surface area contributed by atoms with Crippen LogP contribution in [0.4, 0.5) is 5.69 Å². The molecule has 5 N–H and O–H groups in total. The summed E-state index contributed by atoms with van der Waals surface area (Å²) >= 11 is 0. The van der Waals surface area contributed by atoms with Crippen LogP contribution in [0.5, 0.6) is 5.75 Å². The molecule has 0 aliphatic rings. The molecule has 0 bridgehead atoms. The van der Waals surface area contributed by atoms with Crippen LogP contribution in [0.1, 0.15) is 11.1 Å². The highest BCUT2D eigenvalue weighted by molar-refractivity contribution is 7.89. The van der Waals surface area contributed by atoms with Crippen LogP contribution in [0, 0.1) is 6.92 Å². The van der Waals surface area contributed by atoms with Gasteiger partial charge in [0.15, 0.2) is 0 Å². The normalized spacial score (nSPS) is 11.0. The monoisotopic (exact) mass is 363 g/mol. The predicted octanol–water partition coefficient (Wildman–Crippen LogP) is 0.603. The summed E-state index contributed by atoms with van der Waals surface area (Å²) < 4.78 is 22.3. The fraction of sp³-hybridized carbons (Fsp3) is 0.125. The van der Waals surface area contributed by atoms with Crippen molar-refractivity contribution in [2.45, 2.75) is 18.4 Å². The number of hydrogen-bond acceptors (Lipinski definition) is 5. The number of hydrogen-bond donors (Lipinski definition) is 4. The van der Waals surface area contributed by atoms with Crippen LogP contribution in [-0.2, 0) is 26.2 Å². The highest BCUT2D eigenvalue weighted by Crippen LogP contribution is 2.23. The Morgan fingerprint density at radius 3 is 2.32 bits per heavy atom. The Balaban J connectivity index is 1.95. The van der Waals surface area contributed by atoms with Gasteiger partial charge in [0, 0.05) is 6.54 Å². The number of nitrogens with two attached hydrogens (primary N) is 1. The van der Waals surface area contributed by atoms with E-state index in [1.54, 1.807) is 13.0 Å². The van der Waals surface area contributed by atoms with Gasteiger partial charge in [-0.15, -0.1) is 0 Å². The van der Waals surface area contributed by atoms with E-state index in [0.717, 1.165) is 5.56 Å². The van der Waals surface area contributed by atoms with Gasteiger partial charge >= 0.3 is 11.8 Å². The number of phenols is 1. The van der Waals surface area contributed by atoms with E-state index in [2.05, 4.69) is 10.6 Å². The molecule has 2 aromatic carbocycles. The summed E-state index contributed by atoms with van der Waals surface area (Å²) in [6.45, 7) is 1.80. The topological polar surface area (TPSA) is 139 Å². The van der Waals surface area contributed by atoms with Crippen molar-refractivity contribution in [3.05, 3.63) is 53.6 Å². The van der Waals surface area contributed by atoms with Crippen LogP contribution in [0.2, 0.25) is 0 Å². The minimum Gasteiger partial charge on any atom is -0.506 e. The number of aromatic hydroxyl groups is 1. The van der Waals surface area contributed by atoms with Crippen LogP contribution in [0.25, 0.3) is 0 Å². The summed E-state index contributed by atoms with van der Waals surface area (Å²) in [5.74, 6) is -1.97. The van der Waals surface area contributed by atoms with Crippen LogP contribution >= 0.6 is 0 Å². The molecule has 2 aromatic rings. The minimum atomic E-state index is -3.78. The maximum absolute atomic E-state index is 11.9. The maximum Gasteiger partial charge on any atom is 0.313 e. The van der Waals surface area contributed by atoms with Gasteiger partial charge in [0.2, 0.25) is 10.0 Å².